The summed E-state index contributed by atoms with van der Waals surface area (Å²) in [6.07, 6.45) is 1.07. The summed E-state index contributed by atoms with van der Waals surface area (Å²) in [4.78, 5) is 17.1. The van der Waals surface area contributed by atoms with Gasteiger partial charge in [-0.2, -0.15) is 0 Å². The molecule has 2 N–H and O–H groups in total. The van der Waals surface area contributed by atoms with Gasteiger partial charge in [-0.05, 0) is 34.1 Å². The maximum absolute atomic E-state index is 12.0. The molecule has 0 saturated carbocycles. The van der Waals surface area contributed by atoms with Crippen LogP contribution in [0.1, 0.15) is 0 Å². The molecule has 0 aliphatic carbocycles. The third kappa shape index (κ3) is 5.17. The third-order valence-corrected chi connectivity index (χ3v) is 4.87. The van der Waals surface area contributed by atoms with Crippen LogP contribution in [0.15, 0.2) is 52.0 Å². The number of halogens is 2. The number of nitrogens with one attached hydrogen (secondary N) is 2. The van der Waals surface area contributed by atoms with Crippen molar-refractivity contribution in [1.82, 2.24) is 15.2 Å². The van der Waals surface area contributed by atoms with E-state index in [-0.39, 0.29) is 16.7 Å². The van der Waals surface area contributed by atoms with Crippen LogP contribution in [0.5, 0.6) is 5.75 Å². The van der Waals surface area contributed by atoms with Gasteiger partial charge in [-0.1, -0.05) is 29.8 Å². The Labute approximate surface area is 146 Å². The largest absolute Gasteiger partial charge is 0.484 e. The van der Waals surface area contributed by atoms with E-state index in [1.165, 1.54) is 6.07 Å². The van der Waals surface area contributed by atoms with Crippen molar-refractivity contribution in [3.05, 3.63) is 52.2 Å². The number of para-hydroxylation sites is 1. The van der Waals surface area contributed by atoms with Crippen LogP contribution in [0.4, 0.5) is 0 Å². The number of aromatic nitrogens is 1. The molecule has 10 heteroatoms. The smallest absolute Gasteiger partial charge is 0.272 e. The number of hydrogen-bond donors (Lipinski definition) is 2. The SMILES string of the molecule is O=C(COc1ccccc1)NNS(=O)(=O)c1cnc(Cl)c(Br)c1. The summed E-state index contributed by atoms with van der Waals surface area (Å²) in [5, 5.41) is 0.129. The van der Waals surface area contributed by atoms with Gasteiger partial charge >= 0.3 is 0 Å². The molecule has 0 saturated heterocycles. The van der Waals surface area contributed by atoms with Crippen molar-refractivity contribution >= 4 is 43.5 Å². The minimum atomic E-state index is -3.97. The normalized spacial score (nSPS) is 11.0. The van der Waals surface area contributed by atoms with E-state index in [4.69, 9.17) is 16.3 Å². The van der Waals surface area contributed by atoms with Crippen molar-refractivity contribution in [3.8, 4) is 5.75 Å². The number of hydrazine groups is 1. The van der Waals surface area contributed by atoms with Gasteiger partial charge in [0.2, 0.25) is 0 Å². The second-order valence-corrected chi connectivity index (χ2v) is 7.09. The van der Waals surface area contributed by atoms with Crippen LogP contribution in [0.25, 0.3) is 0 Å². The van der Waals surface area contributed by atoms with Gasteiger partial charge in [-0.15, -0.1) is 4.83 Å². The maximum Gasteiger partial charge on any atom is 0.272 e. The first-order valence-electron chi connectivity index (χ1n) is 6.18. The second kappa shape index (κ2) is 7.73. The number of rotatable bonds is 6. The van der Waals surface area contributed by atoms with Gasteiger partial charge in [0.25, 0.3) is 15.9 Å². The number of pyridine rings is 1. The molecule has 0 radical (unpaired) electrons. The van der Waals surface area contributed by atoms with Crippen molar-refractivity contribution in [1.29, 1.82) is 0 Å². The number of amides is 1. The fraction of sp³-hybridized carbons (Fsp3) is 0.0769. The van der Waals surface area contributed by atoms with Gasteiger partial charge < -0.3 is 4.74 Å². The van der Waals surface area contributed by atoms with Crippen molar-refractivity contribution in [2.75, 3.05) is 6.61 Å². The summed E-state index contributed by atoms with van der Waals surface area (Å²) < 4.78 is 29.5. The molecule has 2 aromatic rings. The molecule has 0 aliphatic rings. The summed E-state index contributed by atoms with van der Waals surface area (Å²) in [7, 11) is -3.97. The number of hydrogen-bond acceptors (Lipinski definition) is 5. The van der Waals surface area contributed by atoms with Gasteiger partial charge in [0.05, 0.1) is 4.47 Å². The summed E-state index contributed by atoms with van der Waals surface area (Å²) in [6, 6.07) is 9.93. The van der Waals surface area contributed by atoms with Crippen LogP contribution in [-0.2, 0) is 14.8 Å². The highest BCUT2D eigenvalue weighted by Crippen LogP contribution is 2.22. The lowest BCUT2D eigenvalue weighted by atomic mass is 10.3. The van der Waals surface area contributed by atoms with E-state index in [1.54, 1.807) is 30.3 Å². The van der Waals surface area contributed by atoms with E-state index in [2.05, 4.69) is 20.9 Å². The molecule has 122 valence electrons. The first-order chi connectivity index (χ1) is 10.9. The number of benzene rings is 1. The quantitative estimate of drug-likeness (QED) is 0.549. The molecule has 2 rings (SSSR count). The molecule has 7 nitrogen and oxygen atoms in total. The van der Waals surface area contributed by atoms with Crippen molar-refractivity contribution in [2.45, 2.75) is 4.90 Å². The zero-order valence-corrected chi connectivity index (χ0v) is 14.7. The standard InChI is InChI=1S/C13H11BrClN3O4S/c14-11-6-10(7-16-13(11)15)23(20,21)18-17-12(19)8-22-9-4-2-1-3-5-9/h1-7,18H,8H2,(H,17,19). The van der Waals surface area contributed by atoms with Crippen LogP contribution < -0.4 is 15.0 Å². The summed E-state index contributed by atoms with van der Waals surface area (Å²) in [5.74, 6) is -0.158. The minimum Gasteiger partial charge on any atom is -0.484 e. The van der Waals surface area contributed by atoms with Gasteiger partial charge in [0, 0.05) is 6.20 Å². The Hall–Kier alpha value is -1.68. The minimum absolute atomic E-state index is 0.129. The monoisotopic (exact) mass is 419 g/mol. The Bertz CT molecular complexity index is 802. The first kappa shape index (κ1) is 17.7. The number of carbonyl (C=O) groups excluding carboxylic acids is 1. The van der Waals surface area contributed by atoms with Crippen LogP contribution in [0, 0.1) is 0 Å². The number of nitrogens with zero attached hydrogens (tertiary/aromatic N) is 1. The van der Waals surface area contributed by atoms with E-state index in [0.29, 0.717) is 10.2 Å². The lowest BCUT2D eigenvalue weighted by Crippen LogP contribution is -2.43. The first-order valence-corrected chi connectivity index (χ1v) is 8.83. The van der Waals surface area contributed by atoms with Gasteiger partial charge in [-0.3, -0.25) is 10.2 Å². The van der Waals surface area contributed by atoms with Crippen molar-refractivity contribution < 1.29 is 17.9 Å². The molecule has 0 spiro atoms. The highest BCUT2D eigenvalue weighted by Gasteiger charge is 2.17. The zero-order valence-electron chi connectivity index (χ0n) is 11.5. The van der Waals surface area contributed by atoms with Crippen LogP contribution in [0.2, 0.25) is 5.15 Å². The Balaban J connectivity index is 1.91. The Kier molecular flexibility index (Phi) is 5.94. The molecule has 0 bridgehead atoms. The van der Waals surface area contributed by atoms with E-state index in [1.807, 2.05) is 10.3 Å². The molecule has 1 aromatic heterocycles. The average Bonchev–Trinajstić information content (AvgIpc) is 2.54. The average molecular weight is 421 g/mol. The van der Waals surface area contributed by atoms with E-state index in [0.717, 1.165) is 6.20 Å². The molecule has 1 amide bonds. The third-order valence-electron chi connectivity index (χ3n) is 2.52. The molecule has 1 heterocycles. The fourth-order valence-corrected chi connectivity index (χ4v) is 2.87. The zero-order chi connectivity index (χ0) is 16.9. The summed E-state index contributed by atoms with van der Waals surface area (Å²) in [5.41, 5.74) is 2.05. The van der Waals surface area contributed by atoms with Crippen LogP contribution >= 0.6 is 27.5 Å². The van der Waals surface area contributed by atoms with Gasteiger partial charge in [0.1, 0.15) is 15.8 Å². The van der Waals surface area contributed by atoms with Crippen molar-refractivity contribution in [2.24, 2.45) is 0 Å². The number of carbonyl (C=O) groups is 1. The molecule has 0 fully saturated rings. The highest BCUT2D eigenvalue weighted by molar-refractivity contribution is 9.10. The van der Waals surface area contributed by atoms with Crippen LogP contribution in [-0.4, -0.2) is 25.9 Å². The second-order valence-electron chi connectivity index (χ2n) is 4.20. The molecule has 23 heavy (non-hydrogen) atoms. The molecule has 1 aromatic carbocycles. The maximum atomic E-state index is 12.0. The fourth-order valence-electron chi connectivity index (χ4n) is 1.44. The molecule has 0 aliphatic heterocycles. The van der Waals surface area contributed by atoms with Gasteiger partial charge in [0.15, 0.2) is 6.61 Å². The highest BCUT2D eigenvalue weighted by atomic mass is 79.9. The topological polar surface area (TPSA) is 97.4 Å². The molecular formula is C13H11BrClN3O4S. The molecule has 0 unspecified atom stereocenters. The lowest BCUT2D eigenvalue weighted by Gasteiger charge is -2.09. The molecular weight excluding hydrogens is 410 g/mol. The summed E-state index contributed by atoms with van der Waals surface area (Å²) >= 11 is 8.77. The molecule has 0 atom stereocenters. The Morgan fingerprint density at radius 2 is 2.00 bits per heavy atom. The Morgan fingerprint density at radius 1 is 1.30 bits per heavy atom. The Morgan fingerprint density at radius 3 is 2.65 bits per heavy atom. The van der Waals surface area contributed by atoms with E-state index < -0.39 is 15.9 Å². The lowest BCUT2D eigenvalue weighted by molar-refractivity contribution is -0.123. The predicted octanol–water partition coefficient (Wildman–Crippen LogP) is 1.89. The number of sulfonamides is 1. The summed E-state index contributed by atoms with van der Waals surface area (Å²) in [6.45, 7) is -0.338. The van der Waals surface area contributed by atoms with E-state index in [9.17, 15) is 13.2 Å². The van der Waals surface area contributed by atoms with Crippen molar-refractivity contribution in [3.63, 3.8) is 0 Å². The van der Waals surface area contributed by atoms with Gasteiger partial charge in [-0.25, -0.2) is 13.4 Å². The van der Waals surface area contributed by atoms with E-state index >= 15 is 0 Å². The van der Waals surface area contributed by atoms with Crippen LogP contribution in [0.3, 0.4) is 0 Å². The predicted molar refractivity (Wildman–Crippen MR) is 87.3 cm³/mol. The number of ether oxygens (including phenoxy) is 1.